The van der Waals surface area contributed by atoms with Crippen molar-refractivity contribution >= 4 is 18.4 Å². The molecule has 0 atom stereocenters. The second-order valence-electron chi connectivity index (χ2n) is 6.20. The van der Waals surface area contributed by atoms with E-state index in [1.165, 1.54) is 45.4 Å². The zero-order valence-corrected chi connectivity index (χ0v) is 10.7. The lowest BCUT2D eigenvalue weighted by atomic mass is 9.50. The van der Waals surface area contributed by atoms with Crippen molar-refractivity contribution in [2.45, 2.75) is 45.4 Å². The second kappa shape index (κ2) is 4.21. The van der Waals surface area contributed by atoms with Crippen LogP contribution in [0.3, 0.4) is 0 Å². The van der Waals surface area contributed by atoms with Gasteiger partial charge in [0, 0.05) is 12.3 Å². The number of halogens is 1. The van der Waals surface area contributed by atoms with Gasteiger partial charge in [0.05, 0.1) is 6.61 Å². The Kier molecular flexibility index (Phi) is 3.22. The first-order valence-electron chi connectivity index (χ1n) is 6.29. The zero-order valence-electron chi connectivity index (χ0n) is 9.91. The highest BCUT2D eigenvalue weighted by Gasteiger charge is 2.51. The number of rotatable bonds is 2. The van der Waals surface area contributed by atoms with Gasteiger partial charge in [0.15, 0.2) is 0 Å². The van der Waals surface area contributed by atoms with Gasteiger partial charge in [0.2, 0.25) is 0 Å². The Bertz CT molecular complexity index is 252. The Hall–Kier alpha value is -0.240. The highest BCUT2D eigenvalue weighted by atomic mass is 35.5. The van der Waals surface area contributed by atoms with Crippen LogP contribution in [0.2, 0.25) is 0 Å². The van der Waals surface area contributed by atoms with E-state index in [2.05, 4.69) is 0 Å². The molecule has 0 aromatic carbocycles. The van der Waals surface area contributed by atoms with E-state index >= 15 is 0 Å². The Morgan fingerprint density at radius 2 is 1.56 bits per heavy atom. The van der Waals surface area contributed by atoms with Crippen LogP contribution in [0.25, 0.3) is 0 Å². The number of carbonyl (C=O) groups excluding carboxylic acids is 1. The van der Waals surface area contributed by atoms with Crippen LogP contribution in [-0.4, -0.2) is 12.6 Å². The standard InChI is InChI=1S/C13H20O2.ClH/c1-9(14)15-8-13-5-10-2-11(6-13)4-12(3-10)7-13;/h10-12H,2-8H2,1H3;1H. The number of esters is 1. The fraction of sp³-hybridized carbons (Fsp3) is 0.923. The van der Waals surface area contributed by atoms with Gasteiger partial charge in [-0.2, -0.15) is 0 Å². The molecule has 0 spiro atoms. The first kappa shape index (κ1) is 12.2. The third kappa shape index (κ3) is 2.09. The van der Waals surface area contributed by atoms with Crippen molar-refractivity contribution in [3.8, 4) is 0 Å². The lowest BCUT2D eigenvalue weighted by molar-refractivity contribution is -0.152. The molecule has 0 amide bonds. The minimum Gasteiger partial charge on any atom is -0.465 e. The quantitative estimate of drug-likeness (QED) is 0.698. The van der Waals surface area contributed by atoms with E-state index in [9.17, 15) is 4.79 Å². The summed E-state index contributed by atoms with van der Waals surface area (Å²) in [5.74, 6) is 2.75. The van der Waals surface area contributed by atoms with Gasteiger partial charge >= 0.3 is 5.97 Å². The van der Waals surface area contributed by atoms with Crippen molar-refractivity contribution in [3.63, 3.8) is 0 Å². The monoisotopic (exact) mass is 244 g/mol. The summed E-state index contributed by atoms with van der Waals surface area (Å²) in [5, 5.41) is 0. The van der Waals surface area contributed by atoms with Crippen molar-refractivity contribution in [2.75, 3.05) is 6.61 Å². The molecule has 0 aromatic rings. The SMILES string of the molecule is CC(=O)OCC12CC3CC(CC(C3)C1)C2.Cl. The van der Waals surface area contributed by atoms with Crippen molar-refractivity contribution < 1.29 is 9.53 Å². The molecule has 4 fully saturated rings. The van der Waals surface area contributed by atoms with E-state index in [1.807, 2.05) is 0 Å². The van der Waals surface area contributed by atoms with Crippen molar-refractivity contribution in [2.24, 2.45) is 23.2 Å². The van der Waals surface area contributed by atoms with Crippen LogP contribution in [0.5, 0.6) is 0 Å². The van der Waals surface area contributed by atoms with Gasteiger partial charge in [-0.25, -0.2) is 0 Å². The highest BCUT2D eigenvalue weighted by molar-refractivity contribution is 5.85. The molecule has 0 unspecified atom stereocenters. The fourth-order valence-electron chi connectivity index (χ4n) is 4.72. The molecule has 0 aromatic heterocycles. The molecule has 4 rings (SSSR count). The highest BCUT2D eigenvalue weighted by Crippen LogP contribution is 2.59. The molecule has 4 aliphatic rings. The summed E-state index contributed by atoms with van der Waals surface area (Å²) in [6, 6.07) is 0. The number of hydrogen-bond acceptors (Lipinski definition) is 2. The molecule has 0 heterocycles. The van der Waals surface area contributed by atoms with Crippen LogP contribution in [0.15, 0.2) is 0 Å². The summed E-state index contributed by atoms with van der Waals surface area (Å²) in [6.07, 6.45) is 8.35. The molecule has 0 saturated heterocycles. The van der Waals surface area contributed by atoms with Gasteiger partial charge < -0.3 is 4.74 Å². The molecule has 0 aliphatic heterocycles. The van der Waals surface area contributed by atoms with Crippen LogP contribution in [0, 0.1) is 23.2 Å². The lowest BCUT2D eigenvalue weighted by Crippen LogP contribution is -2.48. The molecule has 4 saturated carbocycles. The third-order valence-corrected chi connectivity index (χ3v) is 4.75. The minimum absolute atomic E-state index is 0. The van der Waals surface area contributed by atoms with Gasteiger partial charge in [-0.3, -0.25) is 4.79 Å². The van der Waals surface area contributed by atoms with Gasteiger partial charge in [0.25, 0.3) is 0 Å². The largest absolute Gasteiger partial charge is 0.465 e. The minimum atomic E-state index is -0.106. The Labute approximate surface area is 104 Å². The summed E-state index contributed by atoms with van der Waals surface area (Å²) in [6.45, 7) is 2.23. The molecule has 92 valence electrons. The summed E-state index contributed by atoms with van der Waals surface area (Å²) in [5.41, 5.74) is 0.389. The molecule has 4 bridgehead atoms. The van der Waals surface area contributed by atoms with Gasteiger partial charge in [-0.05, 0) is 56.3 Å². The average molecular weight is 245 g/mol. The van der Waals surface area contributed by atoms with Crippen LogP contribution in [-0.2, 0) is 9.53 Å². The van der Waals surface area contributed by atoms with E-state index in [0.717, 1.165) is 17.8 Å². The Morgan fingerprint density at radius 1 is 1.12 bits per heavy atom. The third-order valence-electron chi connectivity index (χ3n) is 4.75. The van der Waals surface area contributed by atoms with Gasteiger partial charge in [0.1, 0.15) is 0 Å². The second-order valence-corrected chi connectivity index (χ2v) is 6.20. The van der Waals surface area contributed by atoms with Crippen LogP contribution < -0.4 is 0 Å². The molecule has 0 N–H and O–H groups in total. The Balaban J connectivity index is 0.000000963. The predicted octanol–water partition coefficient (Wildman–Crippen LogP) is 3.19. The van der Waals surface area contributed by atoms with Gasteiger partial charge in [-0.15, -0.1) is 12.4 Å². The van der Waals surface area contributed by atoms with Gasteiger partial charge in [-0.1, -0.05) is 0 Å². The molecule has 2 nitrogen and oxygen atoms in total. The van der Waals surface area contributed by atoms with E-state index < -0.39 is 0 Å². The molecular formula is C13H21ClO2. The molecule has 16 heavy (non-hydrogen) atoms. The maximum atomic E-state index is 10.9. The van der Waals surface area contributed by atoms with E-state index in [4.69, 9.17) is 4.74 Å². The first-order valence-corrected chi connectivity index (χ1v) is 6.29. The van der Waals surface area contributed by atoms with Crippen molar-refractivity contribution in [3.05, 3.63) is 0 Å². The average Bonchev–Trinajstić information content (AvgIpc) is 2.12. The first-order chi connectivity index (χ1) is 7.15. The number of ether oxygens (including phenoxy) is 1. The topological polar surface area (TPSA) is 26.3 Å². The maximum Gasteiger partial charge on any atom is 0.302 e. The smallest absolute Gasteiger partial charge is 0.302 e. The van der Waals surface area contributed by atoms with Crippen LogP contribution in [0.1, 0.15) is 45.4 Å². The predicted molar refractivity (Wildman–Crippen MR) is 64.5 cm³/mol. The molecule has 4 aliphatic carbocycles. The van der Waals surface area contributed by atoms with Crippen LogP contribution in [0.4, 0.5) is 0 Å². The van der Waals surface area contributed by atoms with Crippen molar-refractivity contribution in [1.29, 1.82) is 0 Å². The van der Waals surface area contributed by atoms with Crippen LogP contribution >= 0.6 is 12.4 Å². The molecule has 0 radical (unpaired) electrons. The fourth-order valence-corrected chi connectivity index (χ4v) is 4.72. The lowest BCUT2D eigenvalue weighted by Gasteiger charge is -2.56. The summed E-state index contributed by atoms with van der Waals surface area (Å²) < 4.78 is 5.29. The zero-order chi connectivity index (χ0) is 10.5. The van der Waals surface area contributed by atoms with E-state index in [-0.39, 0.29) is 18.4 Å². The summed E-state index contributed by atoms with van der Waals surface area (Å²) in [4.78, 5) is 10.9. The summed E-state index contributed by atoms with van der Waals surface area (Å²) >= 11 is 0. The van der Waals surface area contributed by atoms with E-state index in [1.54, 1.807) is 0 Å². The number of hydrogen-bond donors (Lipinski definition) is 0. The number of carbonyl (C=O) groups is 1. The summed E-state index contributed by atoms with van der Waals surface area (Å²) in [7, 11) is 0. The van der Waals surface area contributed by atoms with Crippen molar-refractivity contribution in [1.82, 2.24) is 0 Å². The normalized spacial score (nSPS) is 43.9. The molecule has 3 heteroatoms. The Morgan fingerprint density at radius 3 is 1.94 bits per heavy atom. The van der Waals surface area contributed by atoms with E-state index in [0.29, 0.717) is 12.0 Å². The maximum absolute atomic E-state index is 10.9. The molecular weight excluding hydrogens is 224 g/mol.